The fraction of sp³-hybridized carbons (Fsp3) is 0.417. The van der Waals surface area contributed by atoms with Gasteiger partial charge in [-0.15, -0.1) is 0 Å². The molecule has 0 N–H and O–H groups in total. The number of morpholine rings is 1. The summed E-state index contributed by atoms with van der Waals surface area (Å²) in [6.07, 6.45) is 3.53. The highest BCUT2D eigenvalue weighted by molar-refractivity contribution is 5.32. The molecule has 1 aliphatic heterocycles. The number of hydrogen-bond donors (Lipinski definition) is 0. The minimum absolute atomic E-state index is 0.825. The van der Waals surface area contributed by atoms with E-state index in [4.69, 9.17) is 4.74 Å². The minimum atomic E-state index is 0.825. The van der Waals surface area contributed by atoms with E-state index < -0.39 is 0 Å². The van der Waals surface area contributed by atoms with Crippen LogP contribution in [0.2, 0.25) is 0 Å². The molecule has 0 aromatic carbocycles. The molecule has 1 aromatic heterocycles. The van der Waals surface area contributed by atoms with Gasteiger partial charge in [0.15, 0.2) is 0 Å². The van der Waals surface area contributed by atoms with Crippen LogP contribution in [0.5, 0.6) is 0 Å². The van der Waals surface area contributed by atoms with Crippen LogP contribution in [0.15, 0.2) is 24.5 Å². The predicted molar refractivity (Wildman–Crippen MR) is 58.4 cm³/mol. The van der Waals surface area contributed by atoms with Gasteiger partial charge in [0.05, 0.1) is 19.8 Å². The first-order valence-corrected chi connectivity index (χ1v) is 5.14. The monoisotopic (exact) mass is 202 g/mol. The van der Waals surface area contributed by atoms with Gasteiger partial charge in [0.2, 0.25) is 0 Å². The third-order valence-corrected chi connectivity index (χ3v) is 2.32. The van der Waals surface area contributed by atoms with Crippen molar-refractivity contribution in [3.8, 4) is 11.8 Å². The van der Waals surface area contributed by atoms with Crippen molar-refractivity contribution in [2.24, 2.45) is 0 Å². The summed E-state index contributed by atoms with van der Waals surface area (Å²) < 4.78 is 5.27. The Bertz CT molecular complexity index is 347. The van der Waals surface area contributed by atoms with Gasteiger partial charge >= 0.3 is 0 Å². The van der Waals surface area contributed by atoms with Gasteiger partial charge in [0.1, 0.15) is 0 Å². The average Bonchev–Trinajstić information content (AvgIpc) is 2.32. The average molecular weight is 202 g/mol. The molecule has 2 rings (SSSR count). The molecule has 0 unspecified atom stereocenters. The van der Waals surface area contributed by atoms with Gasteiger partial charge in [-0.1, -0.05) is 11.8 Å². The first-order chi connectivity index (χ1) is 7.45. The molecule has 3 nitrogen and oxygen atoms in total. The lowest BCUT2D eigenvalue weighted by Crippen LogP contribution is -2.36. The van der Waals surface area contributed by atoms with Crippen molar-refractivity contribution >= 4 is 0 Å². The Labute approximate surface area is 90.1 Å². The van der Waals surface area contributed by atoms with Gasteiger partial charge in [-0.05, 0) is 12.1 Å². The maximum Gasteiger partial charge on any atom is 0.0606 e. The van der Waals surface area contributed by atoms with Crippen LogP contribution in [-0.2, 0) is 4.74 Å². The molecule has 3 heteroatoms. The van der Waals surface area contributed by atoms with E-state index in [-0.39, 0.29) is 0 Å². The molecule has 1 saturated heterocycles. The number of rotatable bonds is 1. The van der Waals surface area contributed by atoms with Crippen molar-refractivity contribution in [3.05, 3.63) is 30.1 Å². The maximum absolute atomic E-state index is 5.27. The predicted octanol–water partition coefficient (Wildman–Crippen LogP) is 0.765. The summed E-state index contributed by atoms with van der Waals surface area (Å²) in [7, 11) is 0. The van der Waals surface area contributed by atoms with Gasteiger partial charge in [-0.3, -0.25) is 9.88 Å². The third-order valence-electron chi connectivity index (χ3n) is 2.32. The zero-order valence-corrected chi connectivity index (χ0v) is 8.65. The summed E-state index contributed by atoms with van der Waals surface area (Å²) in [5.74, 6) is 6.28. The molecule has 0 amide bonds. The largest absolute Gasteiger partial charge is 0.379 e. The lowest BCUT2D eigenvalue weighted by atomic mass is 10.3. The van der Waals surface area contributed by atoms with Crippen molar-refractivity contribution < 1.29 is 4.74 Å². The Morgan fingerprint density at radius 3 is 2.73 bits per heavy atom. The molecule has 0 atom stereocenters. The fourth-order valence-corrected chi connectivity index (χ4v) is 1.45. The highest BCUT2D eigenvalue weighted by Crippen LogP contribution is 1.96. The molecule has 1 fully saturated rings. The van der Waals surface area contributed by atoms with Crippen LogP contribution in [0.4, 0.5) is 0 Å². The highest BCUT2D eigenvalue weighted by Gasteiger charge is 2.07. The summed E-state index contributed by atoms with van der Waals surface area (Å²) in [6, 6.07) is 3.85. The SMILES string of the molecule is C(#Cc1ccncc1)CN1CCOCC1. The summed E-state index contributed by atoms with van der Waals surface area (Å²) in [5.41, 5.74) is 1.03. The Morgan fingerprint density at radius 1 is 1.27 bits per heavy atom. The second kappa shape index (κ2) is 5.50. The summed E-state index contributed by atoms with van der Waals surface area (Å²) >= 11 is 0. The van der Waals surface area contributed by atoms with E-state index in [1.165, 1.54) is 0 Å². The van der Waals surface area contributed by atoms with E-state index in [1.807, 2.05) is 12.1 Å². The van der Waals surface area contributed by atoms with Gasteiger partial charge < -0.3 is 4.74 Å². The molecule has 2 heterocycles. The van der Waals surface area contributed by atoms with Crippen LogP contribution in [0, 0.1) is 11.8 Å². The van der Waals surface area contributed by atoms with E-state index >= 15 is 0 Å². The van der Waals surface area contributed by atoms with E-state index in [2.05, 4.69) is 21.7 Å². The second-order valence-corrected chi connectivity index (χ2v) is 3.43. The highest BCUT2D eigenvalue weighted by atomic mass is 16.5. The molecule has 0 radical (unpaired) electrons. The van der Waals surface area contributed by atoms with Gasteiger partial charge in [-0.2, -0.15) is 0 Å². The third kappa shape index (κ3) is 3.35. The minimum Gasteiger partial charge on any atom is -0.379 e. The Kier molecular flexibility index (Phi) is 3.72. The first kappa shape index (κ1) is 10.2. The number of nitrogens with zero attached hydrogens (tertiary/aromatic N) is 2. The lowest BCUT2D eigenvalue weighted by Gasteiger charge is -2.24. The molecular formula is C12H14N2O. The summed E-state index contributed by atoms with van der Waals surface area (Å²) in [5, 5.41) is 0. The summed E-state index contributed by atoms with van der Waals surface area (Å²) in [4.78, 5) is 6.25. The Balaban J connectivity index is 1.84. The van der Waals surface area contributed by atoms with Crippen LogP contribution in [0.1, 0.15) is 5.56 Å². The number of ether oxygens (including phenoxy) is 1. The topological polar surface area (TPSA) is 25.4 Å². The van der Waals surface area contributed by atoms with Crippen molar-refractivity contribution in [2.45, 2.75) is 0 Å². The smallest absolute Gasteiger partial charge is 0.0606 e. The van der Waals surface area contributed by atoms with Crippen molar-refractivity contribution in [1.82, 2.24) is 9.88 Å². The zero-order valence-electron chi connectivity index (χ0n) is 8.65. The Hall–Kier alpha value is -1.37. The maximum atomic E-state index is 5.27. The zero-order chi connectivity index (χ0) is 10.3. The molecule has 78 valence electrons. The molecule has 15 heavy (non-hydrogen) atoms. The number of hydrogen-bond acceptors (Lipinski definition) is 3. The van der Waals surface area contributed by atoms with Crippen molar-refractivity contribution in [3.63, 3.8) is 0 Å². The van der Waals surface area contributed by atoms with Gasteiger partial charge in [0, 0.05) is 31.0 Å². The normalized spacial score (nSPS) is 16.8. The number of pyridine rings is 1. The lowest BCUT2D eigenvalue weighted by molar-refractivity contribution is 0.0443. The second-order valence-electron chi connectivity index (χ2n) is 3.43. The fourth-order valence-electron chi connectivity index (χ4n) is 1.45. The molecule has 0 aliphatic carbocycles. The Morgan fingerprint density at radius 2 is 2.00 bits per heavy atom. The molecule has 1 aromatic rings. The standard InChI is InChI=1S/C12H14N2O/c1(2-12-3-5-13-6-4-12)7-14-8-10-15-11-9-14/h3-6H,7-11H2. The van der Waals surface area contributed by atoms with Crippen LogP contribution in [0.3, 0.4) is 0 Å². The van der Waals surface area contributed by atoms with E-state index in [1.54, 1.807) is 12.4 Å². The van der Waals surface area contributed by atoms with E-state index in [0.717, 1.165) is 38.4 Å². The van der Waals surface area contributed by atoms with Gasteiger partial charge in [0.25, 0.3) is 0 Å². The van der Waals surface area contributed by atoms with Gasteiger partial charge in [-0.25, -0.2) is 0 Å². The molecule has 1 aliphatic rings. The first-order valence-electron chi connectivity index (χ1n) is 5.14. The van der Waals surface area contributed by atoms with Crippen molar-refractivity contribution in [1.29, 1.82) is 0 Å². The quantitative estimate of drug-likeness (QED) is 0.629. The molecule has 0 saturated carbocycles. The molecule has 0 spiro atoms. The van der Waals surface area contributed by atoms with Crippen LogP contribution in [0.25, 0.3) is 0 Å². The van der Waals surface area contributed by atoms with Crippen LogP contribution >= 0.6 is 0 Å². The van der Waals surface area contributed by atoms with Crippen molar-refractivity contribution in [2.75, 3.05) is 32.8 Å². The van der Waals surface area contributed by atoms with Crippen LogP contribution in [-0.4, -0.2) is 42.7 Å². The molecular weight excluding hydrogens is 188 g/mol. The van der Waals surface area contributed by atoms with E-state index in [0.29, 0.717) is 0 Å². The number of aromatic nitrogens is 1. The molecule has 0 bridgehead atoms. The van der Waals surface area contributed by atoms with Crippen LogP contribution < -0.4 is 0 Å². The van der Waals surface area contributed by atoms with E-state index in [9.17, 15) is 0 Å². The summed E-state index contributed by atoms with van der Waals surface area (Å²) in [6.45, 7) is 4.47.